The lowest BCUT2D eigenvalue weighted by atomic mass is 10.3. The van der Waals surface area contributed by atoms with E-state index in [1.165, 1.54) is 0 Å². The zero-order chi connectivity index (χ0) is 8.16. The first-order chi connectivity index (χ1) is 5.33. The lowest BCUT2D eigenvalue weighted by molar-refractivity contribution is -0.332. The summed E-state index contributed by atoms with van der Waals surface area (Å²) >= 11 is 0. The molecule has 3 heteroatoms. The van der Waals surface area contributed by atoms with Crippen LogP contribution in [0.5, 0.6) is 0 Å². The molecule has 1 heterocycles. The van der Waals surface area contributed by atoms with Crippen LogP contribution in [0.15, 0.2) is 0 Å². The highest BCUT2D eigenvalue weighted by atomic mass is 16.9. The largest absolute Gasteiger partial charge is 0.328 e. The molecule has 3 nitrogen and oxygen atoms in total. The summed E-state index contributed by atoms with van der Waals surface area (Å²) < 4.78 is 16.1. The second kappa shape index (κ2) is 4.04. The van der Waals surface area contributed by atoms with E-state index in [0.717, 1.165) is 12.8 Å². The average Bonchev–Trinajstić information content (AvgIpc) is 2.39. The molecular formula is C8H16O3. The number of rotatable bonds is 4. The maximum Gasteiger partial charge on any atom is 0.283 e. The molecule has 1 aliphatic rings. The third-order valence-electron chi connectivity index (χ3n) is 1.65. The maximum absolute atomic E-state index is 5.39. The Bertz CT molecular complexity index is 99.9. The molecule has 0 aromatic carbocycles. The van der Waals surface area contributed by atoms with E-state index in [2.05, 4.69) is 6.92 Å². The SMILES string of the molecule is CCCC1(OCC)OCCO1. The fourth-order valence-electron chi connectivity index (χ4n) is 1.26. The molecule has 0 aromatic rings. The van der Waals surface area contributed by atoms with Crippen LogP contribution in [0.4, 0.5) is 0 Å². The Labute approximate surface area is 67.6 Å². The molecule has 0 saturated carbocycles. The zero-order valence-electron chi connectivity index (χ0n) is 7.26. The molecule has 0 spiro atoms. The maximum atomic E-state index is 5.39. The van der Waals surface area contributed by atoms with Crippen LogP contribution in [0.2, 0.25) is 0 Å². The van der Waals surface area contributed by atoms with Gasteiger partial charge in [-0.15, -0.1) is 0 Å². The summed E-state index contributed by atoms with van der Waals surface area (Å²) in [5.41, 5.74) is 0. The van der Waals surface area contributed by atoms with E-state index in [1.54, 1.807) is 0 Å². The fraction of sp³-hybridized carbons (Fsp3) is 1.00. The van der Waals surface area contributed by atoms with Gasteiger partial charge in [-0.25, -0.2) is 0 Å². The van der Waals surface area contributed by atoms with Crippen LogP contribution in [-0.4, -0.2) is 25.8 Å². The molecule has 0 aliphatic carbocycles. The third-order valence-corrected chi connectivity index (χ3v) is 1.65. The van der Waals surface area contributed by atoms with E-state index in [-0.39, 0.29) is 0 Å². The van der Waals surface area contributed by atoms with Gasteiger partial charge in [-0.2, -0.15) is 0 Å². The van der Waals surface area contributed by atoms with E-state index in [0.29, 0.717) is 19.8 Å². The van der Waals surface area contributed by atoms with Crippen molar-refractivity contribution in [1.29, 1.82) is 0 Å². The van der Waals surface area contributed by atoms with Gasteiger partial charge in [0.05, 0.1) is 13.2 Å². The van der Waals surface area contributed by atoms with Gasteiger partial charge >= 0.3 is 0 Å². The van der Waals surface area contributed by atoms with Gasteiger partial charge in [0.2, 0.25) is 0 Å². The van der Waals surface area contributed by atoms with E-state index < -0.39 is 5.97 Å². The van der Waals surface area contributed by atoms with Crippen molar-refractivity contribution in [3.8, 4) is 0 Å². The van der Waals surface area contributed by atoms with Crippen molar-refractivity contribution < 1.29 is 14.2 Å². The van der Waals surface area contributed by atoms with E-state index in [9.17, 15) is 0 Å². The third kappa shape index (κ3) is 2.15. The summed E-state index contributed by atoms with van der Waals surface area (Å²) in [5.74, 6) is -0.705. The van der Waals surface area contributed by atoms with Gasteiger partial charge < -0.3 is 14.2 Å². The molecule has 0 amide bonds. The summed E-state index contributed by atoms with van der Waals surface area (Å²) in [7, 11) is 0. The van der Waals surface area contributed by atoms with E-state index in [1.807, 2.05) is 6.92 Å². The smallest absolute Gasteiger partial charge is 0.283 e. The molecule has 0 bridgehead atoms. The van der Waals surface area contributed by atoms with Crippen LogP contribution in [0.3, 0.4) is 0 Å². The van der Waals surface area contributed by atoms with Crippen LogP contribution >= 0.6 is 0 Å². The molecule has 66 valence electrons. The number of hydrogen-bond acceptors (Lipinski definition) is 3. The predicted octanol–water partition coefficient (Wildman–Crippen LogP) is 1.52. The molecule has 1 fully saturated rings. The molecular weight excluding hydrogens is 144 g/mol. The second-order valence-corrected chi connectivity index (χ2v) is 2.56. The Morgan fingerprint density at radius 1 is 1.27 bits per heavy atom. The average molecular weight is 160 g/mol. The Kier molecular flexibility index (Phi) is 3.30. The van der Waals surface area contributed by atoms with Gasteiger partial charge in [-0.3, -0.25) is 0 Å². The molecule has 1 rings (SSSR count). The Morgan fingerprint density at radius 3 is 2.36 bits per heavy atom. The topological polar surface area (TPSA) is 27.7 Å². The molecule has 0 N–H and O–H groups in total. The highest BCUT2D eigenvalue weighted by molar-refractivity contribution is 4.61. The summed E-state index contributed by atoms with van der Waals surface area (Å²) in [6.45, 7) is 5.98. The van der Waals surface area contributed by atoms with Gasteiger partial charge in [-0.1, -0.05) is 6.92 Å². The normalized spacial score (nSPS) is 22.4. The Balaban J connectivity index is 2.40. The Hall–Kier alpha value is -0.120. The van der Waals surface area contributed by atoms with Crippen molar-refractivity contribution in [2.75, 3.05) is 19.8 Å². The monoisotopic (exact) mass is 160 g/mol. The van der Waals surface area contributed by atoms with Crippen molar-refractivity contribution in [3.05, 3.63) is 0 Å². The van der Waals surface area contributed by atoms with E-state index >= 15 is 0 Å². The van der Waals surface area contributed by atoms with Crippen molar-refractivity contribution in [1.82, 2.24) is 0 Å². The minimum absolute atomic E-state index is 0.639. The standard InChI is InChI=1S/C8H16O3/c1-3-5-8(9-4-2)10-6-7-11-8/h3-7H2,1-2H3. The molecule has 0 radical (unpaired) electrons. The van der Waals surface area contributed by atoms with Gasteiger partial charge in [0.15, 0.2) is 0 Å². The highest BCUT2D eigenvalue weighted by Crippen LogP contribution is 2.25. The highest BCUT2D eigenvalue weighted by Gasteiger charge is 2.36. The number of ether oxygens (including phenoxy) is 3. The zero-order valence-corrected chi connectivity index (χ0v) is 7.26. The lowest BCUT2D eigenvalue weighted by Crippen LogP contribution is -2.33. The van der Waals surface area contributed by atoms with Crippen LogP contribution < -0.4 is 0 Å². The summed E-state index contributed by atoms with van der Waals surface area (Å²) in [6.07, 6.45) is 1.83. The molecule has 0 unspecified atom stereocenters. The van der Waals surface area contributed by atoms with E-state index in [4.69, 9.17) is 14.2 Å². The van der Waals surface area contributed by atoms with Crippen LogP contribution in [-0.2, 0) is 14.2 Å². The summed E-state index contributed by atoms with van der Waals surface area (Å²) in [6, 6.07) is 0. The first-order valence-electron chi connectivity index (χ1n) is 4.25. The molecule has 1 aliphatic heterocycles. The van der Waals surface area contributed by atoms with Gasteiger partial charge in [0, 0.05) is 13.0 Å². The number of hydrogen-bond donors (Lipinski definition) is 0. The minimum atomic E-state index is -0.705. The first kappa shape index (κ1) is 8.97. The lowest BCUT2D eigenvalue weighted by Gasteiger charge is -2.25. The van der Waals surface area contributed by atoms with Crippen molar-refractivity contribution in [2.24, 2.45) is 0 Å². The molecule has 11 heavy (non-hydrogen) atoms. The summed E-state index contributed by atoms with van der Waals surface area (Å²) in [5, 5.41) is 0. The van der Waals surface area contributed by atoms with Crippen molar-refractivity contribution in [3.63, 3.8) is 0 Å². The fourth-order valence-corrected chi connectivity index (χ4v) is 1.26. The predicted molar refractivity (Wildman–Crippen MR) is 41.2 cm³/mol. The summed E-state index contributed by atoms with van der Waals surface area (Å²) in [4.78, 5) is 0. The quantitative estimate of drug-likeness (QED) is 0.624. The van der Waals surface area contributed by atoms with Crippen molar-refractivity contribution >= 4 is 0 Å². The van der Waals surface area contributed by atoms with Crippen molar-refractivity contribution in [2.45, 2.75) is 32.7 Å². The molecule has 0 aromatic heterocycles. The molecule has 1 saturated heterocycles. The van der Waals surface area contributed by atoms with Crippen LogP contribution in [0.25, 0.3) is 0 Å². The van der Waals surface area contributed by atoms with Crippen LogP contribution in [0, 0.1) is 0 Å². The second-order valence-electron chi connectivity index (χ2n) is 2.56. The van der Waals surface area contributed by atoms with Gasteiger partial charge in [0.1, 0.15) is 0 Å². The van der Waals surface area contributed by atoms with Crippen LogP contribution in [0.1, 0.15) is 26.7 Å². The van der Waals surface area contributed by atoms with Gasteiger partial charge in [0.25, 0.3) is 5.97 Å². The first-order valence-corrected chi connectivity index (χ1v) is 4.25. The Morgan fingerprint density at radius 2 is 1.91 bits per heavy atom. The minimum Gasteiger partial charge on any atom is -0.328 e. The molecule has 0 atom stereocenters. The van der Waals surface area contributed by atoms with Gasteiger partial charge in [-0.05, 0) is 13.3 Å².